The first kappa shape index (κ1) is 12.0. The van der Waals surface area contributed by atoms with Crippen molar-refractivity contribution in [1.82, 2.24) is 4.98 Å². The predicted octanol–water partition coefficient (Wildman–Crippen LogP) is -3.07. The number of nitrogens with one attached hydrogen (secondary N) is 2. The number of aliphatic hydroxyl groups excluding tert-OH is 3. The van der Waals surface area contributed by atoms with Gasteiger partial charge in [0.15, 0.2) is 0 Å². The Kier molecular flexibility index (Phi) is 3.11. The maximum Gasteiger partial charge on any atom is 0.353 e. The molecule has 8 nitrogen and oxygen atoms in total. The highest BCUT2D eigenvalue weighted by Gasteiger charge is 2.44. The van der Waals surface area contributed by atoms with E-state index in [0.717, 1.165) is 0 Å². The van der Waals surface area contributed by atoms with Gasteiger partial charge in [-0.05, 0) is 0 Å². The summed E-state index contributed by atoms with van der Waals surface area (Å²) in [5.41, 5.74) is 4.93. The first-order valence-corrected chi connectivity index (χ1v) is 5.07. The number of anilines is 1. The molecule has 17 heavy (non-hydrogen) atoms. The summed E-state index contributed by atoms with van der Waals surface area (Å²) in [6.07, 6.45) is -3.11. The van der Waals surface area contributed by atoms with E-state index < -0.39 is 36.6 Å². The van der Waals surface area contributed by atoms with E-state index in [9.17, 15) is 15.0 Å². The van der Waals surface area contributed by atoms with Gasteiger partial charge in [0.05, 0.1) is 18.4 Å². The summed E-state index contributed by atoms with van der Waals surface area (Å²) in [5.74, 6) is 0.0745. The maximum absolute atomic E-state index is 11.6. The van der Waals surface area contributed by atoms with Crippen molar-refractivity contribution in [1.29, 1.82) is 0 Å². The zero-order valence-electron chi connectivity index (χ0n) is 8.83. The van der Waals surface area contributed by atoms with Gasteiger partial charge in [-0.2, -0.15) is 0 Å². The van der Waals surface area contributed by atoms with Crippen LogP contribution in [0.5, 0.6) is 0 Å². The fourth-order valence-corrected chi connectivity index (χ4v) is 1.82. The molecule has 2 rings (SSSR count). The molecule has 0 aliphatic carbocycles. The molecule has 0 aromatic carbocycles. The highest BCUT2D eigenvalue weighted by molar-refractivity contribution is 5.15. The molecule has 0 spiro atoms. The Morgan fingerprint density at radius 1 is 1.47 bits per heavy atom. The van der Waals surface area contributed by atoms with Crippen LogP contribution in [0, 0.1) is 0 Å². The molecule has 8 heteroatoms. The number of aromatic nitrogens is 2. The molecule has 1 aliphatic rings. The second-order valence-corrected chi connectivity index (χ2v) is 3.87. The Morgan fingerprint density at radius 3 is 2.71 bits per heavy atom. The minimum Gasteiger partial charge on any atom is -0.394 e. The molecule has 2 heterocycles. The number of H-pyrrole nitrogens is 2. The van der Waals surface area contributed by atoms with Crippen LogP contribution < -0.4 is 16.3 Å². The Morgan fingerprint density at radius 2 is 2.18 bits per heavy atom. The smallest absolute Gasteiger partial charge is 0.353 e. The third kappa shape index (κ3) is 2.03. The first-order valence-electron chi connectivity index (χ1n) is 5.07. The van der Waals surface area contributed by atoms with Crippen molar-refractivity contribution in [3.05, 3.63) is 22.1 Å². The van der Waals surface area contributed by atoms with E-state index in [-0.39, 0.29) is 11.5 Å². The Balaban J connectivity index is 2.32. The van der Waals surface area contributed by atoms with E-state index >= 15 is 0 Å². The molecule has 94 valence electrons. The van der Waals surface area contributed by atoms with Gasteiger partial charge in [-0.25, -0.2) is 4.98 Å². The van der Waals surface area contributed by atoms with Gasteiger partial charge in [0.25, 0.3) is 0 Å². The van der Waals surface area contributed by atoms with Gasteiger partial charge in [-0.1, -0.05) is 0 Å². The summed E-state index contributed by atoms with van der Waals surface area (Å²) in [7, 11) is 0. The topological polar surface area (TPSA) is 143 Å². The number of aromatic amines is 2. The van der Waals surface area contributed by atoms with Crippen molar-refractivity contribution in [2.24, 2.45) is 0 Å². The van der Waals surface area contributed by atoms with E-state index in [4.69, 9.17) is 15.6 Å². The summed E-state index contributed by atoms with van der Waals surface area (Å²) in [6, 6.07) is 0. The lowest BCUT2D eigenvalue weighted by Crippen LogP contribution is -2.33. The average molecular weight is 244 g/mol. The zero-order valence-corrected chi connectivity index (χ0v) is 8.83. The van der Waals surface area contributed by atoms with Crippen LogP contribution in [0.25, 0.3) is 0 Å². The first-order chi connectivity index (χ1) is 8.04. The molecule has 1 aromatic heterocycles. The molecule has 1 saturated heterocycles. The van der Waals surface area contributed by atoms with E-state index in [2.05, 4.69) is 9.97 Å². The van der Waals surface area contributed by atoms with E-state index in [1.165, 1.54) is 6.20 Å². The third-order valence-electron chi connectivity index (χ3n) is 2.74. The van der Waals surface area contributed by atoms with Gasteiger partial charge < -0.3 is 20.1 Å². The number of nitrogen functional groups attached to an aromatic ring is 1. The second-order valence-electron chi connectivity index (χ2n) is 3.87. The normalized spacial score (nSPS) is 32.9. The lowest BCUT2D eigenvalue weighted by atomic mass is 10.0. The van der Waals surface area contributed by atoms with Gasteiger partial charge in [0.1, 0.15) is 24.4 Å². The largest absolute Gasteiger partial charge is 0.394 e. The molecule has 1 fully saturated rings. The number of ether oxygens (including phenoxy) is 1. The van der Waals surface area contributed by atoms with Crippen LogP contribution in [0.2, 0.25) is 0 Å². The summed E-state index contributed by atoms with van der Waals surface area (Å²) < 4.78 is 5.21. The van der Waals surface area contributed by atoms with Crippen LogP contribution in [0.3, 0.4) is 0 Å². The van der Waals surface area contributed by atoms with Crippen molar-refractivity contribution >= 4 is 5.95 Å². The van der Waals surface area contributed by atoms with Crippen LogP contribution in [-0.4, -0.2) is 45.2 Å². The third-order valence-corrected chi connectivity index (χ3v) is 2.74. The fraction of sp³-hybridized carbons (Fsp3) is 0.556. The Bertz CT molecular complexity index is 462. The van der Waals surface area contributed by atoms with Crippen LogP contribution in [0.4, 0.5) is 5.95 Å². The van der Waals surface area contributed by atoms with E-state index in [1.54, 1.807) is 0 Å². The quantitative estimate of drug-likeness (QED) is 0.373. The fourth-order valence-electron chi connectivity index (χ4n) is 1.82. The molecule has 0 saturated carbocycles. The summed E-state index contributed by atoms with van der Waals surface area (Å²) in [5, 5.41) is 28.2. The number of rotatable bonds is 2. The molecule has 0 radical (unpaired) electrons. The van der Waals surface area contributed by atoms with Gasteiger partial charge in [-0.15, -0.1) is 0 Å². The summed E-state index contributed by atoms with van der Waals surface area (Å²) in [4.78, 5) is 16.5. The van der Waals surface area contributed by atoms with Gasteiger partial charge in [0, 0.05) is 0 Å². The number of aliphatic hydroxyl groups is 3. The Hall–Kier alpha value is -1.48. The summed E-state index contributed by atoms with van der Waals surface area (Å²) in [6.45, 7) is -0.439. The molecular weight excluding hydrogens is 230 g/mol. The minimum atomic E-state index is -1.27. The van der Waals surface area contributed by atoms with Crippen molar-refractivity contribution in [3.8, 4) is 0 Å². The number of hydrogen-bond donors (Lipinski definition) is 5. The van der Waals surface area contributed by atoms with Crippen molar-refractivity contribution in [3.63, 3.8) is 0 Å². The lowest BCUT2D eigenvalue weighted by Gasteiger charge is -2.12. The van der Waals surface area contributed by atoms with Gasteiger partial charge in [-0.3, -0.25) is 15.5 Å². The van der Waals surface area contributed by atoms with Crippen LogP contribution in [0.15, 0.2) is 11.0 Å². The molecule has 1 aliphatic heterocycles. The zero-order chi connectivity index (χ0) is 12.6. The Labute approximate surface area is 95.7 Å². The maximum atomic E-state index is 11.6. The average Bonchev–Trinajstić information content (AvgIpc) is 2.57. The van der Waals surface area contributed by atoms with Crippen LogP contribution in [-0.2, 0) is 4.74 Å². The lowest BCUT2D eigenvalue weighted by molar-refractivity contribution is -0.366. The predicted molar refractivity (Wildman–Crippen MR) is 54.7 cm³/mol. The molecule has 1 aromatic rings. The second kappa shape index (κ2) is 4.41. The van der Waals surface area contributed by atoms with E-state index in [1.807, 2.05) is 0 Å². The van der Waals surface area contributed by atoms with Gasteiger partial charge >= 0.3 is 11.5 Å². The monoisotopic (exact) mass is 244 g/mol. The van der Waals surface area contributed by atoms with Crippen molar-refractivity contribution < 1.29 is 25.0 Å². The standard InChI is InChI=1S/C9H13N3O5/c10-9-11-1-3(8(16)12-9)7-6(15)5(14)4(2-13)17-7/h1,4-7,13-15H,2H2,(H3,10,11,12,16)/p+1. The van der Waals surface area contributed by atoms with Crippen molar-refractivity contribution in [2.75, 3.05) is 12.3 Å². The number of hydrogen-bond acceptors (Lipinski definition) is 6. The highest BCUT2D eigenvalue weighted by Crippen LogP contribution is 2.31. The molecule has 4 unspecified atom stereocenters. The molecule has 4 atom stereocenters. The SMILES string of the molecule is Nc1[nH]c(=O)c(C2OC(CO)C(O)C2O)c[nH+]1. The van der Waals surface area contributed by atoms with Crippen LogP contribution in [0.1, 0.15) is 11.7 Å². The van der Waals surface area contributed by atoms with Crippen molar-refractivity contribution in [2.45, 2.75) is 24.4 Å². The number of nitrogens with two attached hydrogens (primary N) is 1. The molecule has 7 N–H and O–H groups in total. The molecular formula is C9H14N3O5+. The van der Waals surface area contributed by atoms with Crippen LogP contribution >= 0.6 is 0 Å². The van der Waals surface area contributed by atoms with Gasteiger partial charge in [0.2, 0.25) is 0 Å². The van der Waals surface area contributed by atoms with E-state index in [0.29, 0.717) is 0 Å². The minimum absolute atomic E-state index is 0.0745. The highest BCUT2D eigenvalue weighted by atomic mass is 16.6. The molecule has 0 amide bonds. The summed E-state index contributed by atoms with van der Waals surface area (Å²) >= 11 is 0. The molecule has 0 bridgehead atoms.